The maximum Gasteiger partial charge on any atom is 0.177 e. The van der Waals surface area contributed by atoms with Crippen LogP contribution in [0.5, 0.6) is 11.5 Å². The zero-order valence-corrected chi connectivity index (χ0v) is 18.8. The molecular weight excluding hydrogens is 442 g/mol. The van der Waals surface area contributed by atoms with Crippen molar-refractivity contribution in [3.8, 4) is 34.1 Å². The molecule has 7 nitrogen and oxygen atoms in total. The number of pyridine rings is 1. The molecule has 34 heavy (non-hydrogen) atoms. The number of fused-ring (bicyclic) bond motifs is 1. The fourth-order valence-electron chi connectivity index (χ4n) is 4.13. The molecule has 0 radical (unpaired) electrons. The zero-order chi connectivity index (χ0) is 24.0. The molecule has 9 heteroatoms. The van der Waals surface area contributed by atoms with Crippen LogP contribution in [0.15, 0.2) is 48.7 Å². The van der Waals surface area contributed by atoms with Crippen molar-refractivity contribution < 1.29 is 23.4 Å². The number of β-amino-alcohol motifs (C(OH)–C–C–N with tert-alkyl or cyclic N) is 1. The van der Waals surface area contributed by atoms with Gasteiger partial charge in [0.2, 0.25) is 0 Å². The molecular formula is C25H22F2N4O3. The molecule has 5 rings (SSSR count). The largest absolute Gasteiger partial charge is 0.494 e. The molecule has 0 atom stereocenters. The van der Waals surface area contributed by atoms with E-state index in [0.717, 1.165) is 11.6 Å². The number of rotatable bonds is 5. The molecule has 1 aliphatic rings. The van der Waals surface area contributed by atoms with Crippen LogP contribution in [0.25, 0.3) is 33.5 Å². The first-order chi connectivity index (χ1) is 16.3. The van der Waals surface area contributed by atoms with Crippen LogP contribution in [0.2, 0.25) is 0 Å². The summed E-state index contributed by atoms with van der Waals surface area (Å²) in [5.74, 6) is -1.22. The van der Waals surface area contributed by atoms with Crippen LogP contribution < -0.4 is 14.4 Å². The first-order valence-electron chi connectivity index (χ1n) is 10.6. The molecule has 1 N–H and O–H groups in total. The van der Waals surface area contributed by atoms with E-state index < -0.39 is 17.2 Å². The van der Waals surface area contributed by atoms with Crippen LogP contribution in [-0.4, -0.2) is 53.0 Å². The molecule has 1 aliphatic heterocycles. The van der Waals surface area contributed by atoms with Gasteiger partial charge >= 0.3 is 0 Å². The van der Waals surface area contributed by atoms with E-state index in [2.05, 4.69) is 9.97 Å². The van der Waals surface area contributed by atoms with Crippen molar-refractivity contribution >= 4 is 16.7 Å². The lowest BCUT2D eigenvalue weighted by Crippen LogP contribution is -2.60. The first kappa shape index (κ1) is 22.0. The SMILES string of the molecule is COc1cc(OC)c(F)c(-c2cc3cnc(-c4ccccc4)nc3c(N3CC(C)(O)C3)n2)c1F. The zero-order valence-electron chi connectivity index (χ0n) is 18.8. The second-order valence-corrected chi connectivity index (χ2v) is 8.47. The van der Waals surface area contributed by atoms with Gasteiger partial charge in [0, 0.05) is 36.3 Å². The molecule has 2 aromatic heterocycles. The van der Waals surface area contributed by atoms with E-state index in [1.165, 1.54) is 20.3 Å². The summed E-state index contributed by atoms with van der Waals surface area (Å²) in [6, 6.07) is 12.1. The Hall–Kier alpha value is -3.85. The van der Waals surface area contributed by atoms with E-state index in [1.807, 2.05) is 35.2 Å². The van der Waals surface area contributed by atoms with Crippen LogP contribution >= 0.6 is 0 Å². The summed E-state index contributed by atoms with van der Waals surface area (Å²) in [4.78, 5) is 15.6. The third kappa shape index (κ3) is 3.67. The minimum Gasteiger partial charge on any atom is -0.494 e. The van der Waals surface area contributed by atoms with Gasteiger partial charge in [0.15, 0.2) is 34.8 Å². The van der Waals surface area contributed by atoms with Crippen molar-refractivity contribution in [2.45, 2.75) is 12.5 Å². The number of aromatic nitrogens is 3. The Morgan fingerprint density at radius 1 is 0.971 bits per heavy atom. The average molecular weight is 464 g/mol. The Bertz CT molecular complexity index is 1360. The van der Waals surface area contributed by atoms with Gasteiger partial charge in [-0.2, -0.15) is 0 Å². The summed E-state index contributed by atoms with van der Waals surface area (Å²) in [7, 11) is 2.58. The van der Waals surface area contributed by atoms with E-state index in [1.54, 1.807) is 13.1 Å². The predicted molar refractivity (Wildman–Crippen MR) is 124 cm³/mol. The van der Waals surface area contributed by atoms with Gasteiger partial charge in [-0.1, -0.05) is 30.3 Å². The lowest BCUT2D eigenvalue weighted by atomic mass is 9.96. The highest BCUT2D eigenvalue weighted by Crippen LogP contribution is 2.40. The van der Waals surface area contributed by atoms with Gasteiger partial charge in [-0.15, -0.1) is 0 Å². The highest BCUT2D eigenvalue weighted by molar-refractivity contribution is 5.93. The van der Waals surface area contributed by atoms with Gasteiger partial charge in [-0.25, -0.2) is 23.7 Å². The van der Waals surface area contributed by atoms with E-state index in [0.29, 0.717) is 35.6 Å². The standard InChI is InChI=1S/C25H22F2N4O3/c1-25(32)12-31(13-25)24-22-15(11-28-23(30-22)14-7-5-4-6-8-14)9-16(29-24)19-20(26)17(33-2)10-18(34-3)21(19)27/h4-11,32H,12-13H2,1-3H3. The van der Waals surface area contributed by atoms with Crippen molar-refractivity contribution in [2.24, 2.45) is 0 Å². The molecule has 3 heterocycles. The monoisotopic (exact) mass is 464 g/mol. The third-order valence-electron chi connectivity index (χ3n) is 5.77. The van der Waals surface area contributed by atoms with Gasteiger partial charge in [0.05, 0.1) is 31.1 Å². The van der Waals surface area contributed by atoms with Crippen molar-refractivity contribution in [1.29, 1.82) is 0 Å². The molecule has 2 aromatic carbocycles. The predicted octanol–water partition coefficient (Wildman–Crippen LogP) is 4.23. The van der Waals surface area contributed by atoms with Gasteiger partial charge in [-0.05, 0) is 13.0 Å². The summed E-state index contributed by atoms with van der Waals surface area (Å²) >= 11 is 0. The Morgan fingerprint density at radius 3 is 2.21 bits per heavy atom. The van der Waals surface area contributed by atoms with E-state index in [-0.39, 0.29) is 22.8 Å². The summed E-state index contributed by atoms with van der Waals surface area (Å²) in [6.07, 6.45) is 1.60. The number of aliphatic hydroxyl groups is 1. The highest BCUT2D eigenvalue weighted by Gasteiger charge is 2.39. The van der Waals surface area contributed by atoms with Crippen LogP contribution in [0, 0.1) is 11.6 Å². The van der Waals surface area contributed by atoms with Crippen LogP contribution in [0.4, 0.5) is 14.6 Å². The second-order valence-electron chi connectivity index (χ2n) is 8.47. The third-order valence-corrected chi connectivity index (χ3v) is 5.77. The molecule has 1 fully saturated rings. The molecule has 0 aliphatic carbocycles. The first-order valence-corrected chi connectivity index (χ1v) is 10.6. The quantitative estimate of drug-likeness (QED) is 0.474. The normalized spacial score (nSPS) is 14.7. The maximum atomic E-state index is 15.2. The lowest BCUT2D eigenvalue weighted by Gasteiger charge is -2.45. The number of ether oxygens (including phenoxy) is 2. The molecule has 4 aromatic rings. The van der Waals surface area contributed by atoms with Gasteiger partial charge in [0.25, 0.3) is 0 Å². The lowest BCUT2D eigenvalue weighted by molar-refractivity contribution is 0.0307. The van der Waals surface area contributed by atoms with Crippen molar-refractivity contribution in [1.82, 2.24) is 15.0 Å². The maximum absolute atomic E-state index is 15.2. The van der Waals surface area contributed by atoms with E-state index in [4.69, 9.17) is 14.5 Å². The summed E-state index contributed by atoms with van der Waals surface area (Å²) < 4.78 is 40.6. The number of hydrogen-bond donors (Lipinski definition) is 1. The molecule has 0 unspecified atom stereocenters. The Morgan fingerprint density at radius 2 is 1.62 bits per heavy atom. The van der Waals surface area contributed by atoms with E-state index >= 15 is 8.78 Å². The van der Waals surface area contributed by atoms with E-state index in [9.17, 15) is 5.11 Å². The fourth-order valence-corrected chi connectivity index (χ4v) is 4.13. The van der Waals surface area contributed by atoms with Crippen LogP contribution in [0.1, 0.15) is 6.92 Å². The van der Waals surface area contributed by atoms with Crippen LogP contribution in [-0.2, 0) is 0 Å². The second kappa shape index (κ2) is 8.18. The number of hydrogen-bond acceptors (Lipinski definition) is 7. The molecule has 0 saturated carbocycles. The number of halogens is 2. The van der Waals surface area contributed by atoms with Crippen molar-refractivity contribution in [3.63, 3.8) is 0 Å². The van der Waals surface area contributed by atoms with Gasteiger partial charge in [-0.3, -0.25) is 0 Å². The minimum absolute atomic E-state index is 0.0392. The topological polar surface area (TPSA) is 80.6 Å². The van der Waals surface area contributed by atoms with Gasteiger partial charge < -0.3 is 19.5 Å². The average Bonchev–Trinajstić information content (AvgIpc) is 2.82. The Balaban J connectivity index is 1.74. The Labute approximate surface area is 194 Å². The molecule has 174 valence electrons. The van der Waals surface area contributed by atoms with Gasteiger partial charge in [0.1, 0.15) is 5.52 Å². The highest BCUT2D eigenvalue weighted by atomic mass is 19.1. The Kier molecular flexibility index (Phi) is 5.28. The van der Waals surface area contributed by atoms with Crippen molar-refractivity contribution in [3.05, 3.63) is 60.3 Å². The number of benzene rings is 2. The minimum atomic E-state index is -0.894. The molecule has 0 amide bonds. The number of methoxy groups -OCH3 is 2. The summed E-state index contributed by atoms with van der Waals surface area (Å²) in [6.45, 7) is 2.32. The molecule has 0 spiro atoms. The number of nitrogens with zero attached hydrogens (tertiary/aromatic N) is 4. The summed E-state index contributed by atoms with van der Waals surface area (Å²) in [5.41, 5.74) is 0.110. The smallest absolute Gasteiger partial charge is 0.177 e. The summed E-state index contributed by atoms with van der Waals surface area (Å²) in [5, 5.41) is 10.9. The molecule has 0 bridgehead atoms. The van der Waals surface area contributed by atoms with Crippen molar-refractivity contribution in [2.75, 3.05) is 32.2 Å². The van der Waals surface area contributed by atoms with Crippen LogP contribution in [0.3, 0.4) is 0 Å². The number of anilines is 1. The molecule has 1 saturated heterocycles. The fraction of sp³-hybridized carbons (Fsp3) is 0.240.